The maximum atomic E-state index is 6.16. The van der Waals surface area contributed by atoms with Crippen LogP contribution in [0.25, 0.3) is 0 Å². The second kappa shape index (κ2) is 9.72. The first-order valence-corrected chi connectivity index (χ1v) is 15.7. The van der Waals surface area contributed by atoms with E-state index in [1.807, 2.05) is 13.8 Å². The maximum absolute atomic E-state index is 6.16. The minimum atomic E-state index is -3.17. The van der Waals surface area contributed by atoms with Gasteiger partial charge in [0.2, 0.25) is 0 Å². The van der Waals surface area contributed by atoms with Crippen molar-refractivity contribution in [1.82, 2.24) is 0 Å². The predicted octanol–water partition coefficient (Wildman–Crippen LogP) is 3.45. The summed E-state index contributed by atoms with van der Waals surface area (Å²) in [5, 5.41) is 0. The van der Waals surface area contributed by atoms with Gasteiger partial charge in [0.05, 0.1) is 0 Å². The monoisotopic (exact) mass is 416 g/mol. The minimum absolute atomic E-state index is 0.420. The molecular weight excluding hydrogens is 387 g/mol. The van der Waals surface area contributed by atoms with Crippen LogP contribution in [0, 0.1) is 0 Å². The number of rotatable bonds is 12. The number of unbranched alkanes of at least 4 members (excludes halogenated alkanes) is 2. The van der Waals surface area contributed by atoms with Crippen molar-refractivity contribution in [3.63, 3.8) is 0 Å². The van der Waals surface area contributed by atoms with E-state index in [0.29, 0.717) is 13.2 Å². The average molecular weight is 415 g/mol. The zero-order valence-corrected chi connectivity index (χ0v) is 17.0. The Morgan fingerprint density at radius 1 is 0.800 bits per heavy atom. The summed E-state index contributed by atoms with van der Waals surface area (Å²) < 4.78 is 24.9. The van der Waals surface area contributed by atoms with Gasteiger partial charge in [-0.2, -0.15) is 0 Å². The molecule has 0 aromatic rings. The van der Waals surface area contributed by atoms with E-state index >= 15 is 0 Å². The van der Waals surface area contributed by atoms with Crippen molar-refractivity contribution < 1.29 is 24.5 Å². The fraction of sp³-hybridized carbons (Fsp3) is 1.00. The van der Waals surface area contributed by atoms with E-state index in [1.54, 1.807) is 0 Å². The van der Waals surface area contributed by atoms with Crippen LogP contribution in [0.1, 0.15) is 53.4 Å². The van der Waals surface area contributed by atoms with Crippen LogP contribution < -0.4 is 0 Å². The quantitative estimate of drug-likeness (QED) is 0.277. The van der Waals surface area contributed by atoms with Crippen molar-refractivity contribution >= 4 is 28.3 Å². The Hall–Kier alpha value is 0.776. The van der Waals surface area contributed by atoms with Gasteiger partial charge in [0, 0.05) is 0 Å². The van der Waals surface area contributed by atoms with Crippen LogP contribution >= 0.6 is 0 Å². The Labute approximate surface area is 128 Å². The molecule has 0 aromatic carbocycles. The van der Waals surface area contributed by atoms with E-state index in [-0.39, 0.29) is 0 Å². The fourth-order valence-electron chi connectivity index (χ4n) is 2.03. The molecule has 1 heterocycles. The molecule has 0 radical (unpaired) electrons. The molecule has 1 aliphatic heterocycles. The Bertz CT molecular complexity index is 218. The summed E-state index contributed by atoms with van der Waals surface area (Å²) in [6, 6.07) is 0. The third kappa shape index (κ3) is 5.52. The van der Waals surface area contributed by atoms with Crippen molar-refractivity contribution in [2.45, 2.75) is 62.3 Å². The zero-order valence-electron chi connectivity index (χ0n) is 13.1. The molecule has 1 fully saturated rings. The Kier molecular flexibility index (Phi) is 9.15. The summed E-state index contributed by atoms with van der Waals surface area (Å²) >= 11 is -2.98. The summed E-state index contributed by atoms with van der Waals surface area (Å²) in [5.74, 6) is 0. The van der Waals surface area contributed by atoms with Crippen molar-refractivity contribution in [2.24, 2.45) is 0 Å². The first-order valence-electron chi connectivity index (χ1n) is 7.67. The van der Waals surface area contributed by atoms with E-state index < -0.39 is 28.3 Å². The van der Waals surface area contributed by atoms with Crippen molar-refractivity contribution in [2.75, 3.05) is 13.2 Å². The van der Waals surface area contributed by atoms with Crippen molar-refractivity contribution in [3.05, 3.63) is 0 Å². The van der Waals surface area contributed by atoms with Gasteiger partial charge in [-0.3, -0.25) is 0 Å². The van der Waals surface area contributed by atoms with E-state index in [2.05, 4.69) is 13.8 Å². The number of hydrogen-bond acceptors (Lipinski definition) is 6. The topological polar surface area (TPSA) is 55.4 Å². The van der Waals surface area contributed by atoms with Gasteiger partial charge in [-0.25, -0.2) is 0 Å². The van der Waals surface area contributed by atoms with Gasteiger partial charge in [0.1, 0.15) is 0 Å². The SMILES string of the molecule is CCC[CH2][Sn]1([CH2]CCC)[O][Si](OOCC)(OOCC)[O]1. The van der Waals surface area contributed by atoms with Gasteiger partial charge < -0.3 is 0 Å². The first kappa shape index (κ1) is 18.8. The normalized spacial score (nSPS) is 19.8. The van der Waals surface area contributed by atoms with Gasteiger partial charge in [-0.1, -0.05) is 0 Å². The van der Waals surface area contributed by atoms with Gasteiger partial charge in [0.25, 0.3) is 0 Å². The average Bonchev–Trinajstić information content (AvgIpc) is 2.43. The summed E-state index contributed by atoms with van der Waals surface area (Å²) in [6.07, 6.45) is 4.55. The summed E-state index contributed by atoms with van der Waals surface area (Å²) in [7, 11) is -3.17. The molecule has 0 amide bonds. The molecule has 8 heteroatoms. The van der Waals surface area contributed by atoms with Crippen molar-refractivity contribution in [1.29, 1.82) is 0 Å². The molecule has 1 saturated heterocycles. The van der Waals surface area contributed by atoms with Crippen LogP contribution in [0.3, 0.4) is 0 Å². The molecule has 0 spiro atoms. The third-order valence-corrected chi connectivity index (χ3v) is 21.9. The molecule has 0 saturated carbocycles. The standard InChI is InChI=1S/C4H10O6Si.2C4H9.Sn/c1-3-7-9-11(5,6)10-8-4-2;2*1-3-4-2;/h3-4H2,1-2H3;2*1,3-4H2,2H3;/q-2;;;+2. The van der Waals surface area contributed by atoms with Gasteiger partial charge in [0.15, 0.2) is 0 Å². The van der Waals surface area contributed by atoms with Gasteiger partial charge in [-0.15, -0.1) is 0 Å². The molecule has 0 bridgehead atoms. The Morgan fingerprint density at radius 3 is 1.60 bits per heavy atom. The van der Waals surface area contributed by atoms with Crippen LogP contribution in [0.4, 0.5) is 0 Å². The second-order valence-electron chi connectivity index (χ2n) is 4.80. The van der Waals surface area contributed by atoms with E-state index in [0.717, 1.165) is 34.6 Å². The van der Waals surface area contributed by atoms with E-state index in [1.165, 1.54) is 0 Å². The van der Waals surface area contributed by atoms with E-state index in [9.17, 15) is 0 Å². The molecule has 0 N–H and O–H groups in total. The molecule has 120 valence electrons. The van der Waals surface area contributed by atoms with Gasteiger partial charge >= 0.3 is 128 Å². The number of hydrogen-bond donors (Lipinski definition) is 0. The molecule has 1 rings (SSSR count). The molecular formula is C12H28O6SiSn. The molecule has 0 atom stereocenters. The van der Waals surface area contributed by atoms with Crippen LogP contribution in [0.15, 0.2) is 0 Å². The molecule has 0 aliphatic carbocycles. The van der Waals surface area contributed by atoms with Crippen LogP contribution in [-0.4, -0.2) is 41.5 Å². The van der Waals surface area contributed by atoms with Crippen LogP contribution in [0.2, 0.25) is 8.87 Å². The summed E-state index contributed by atoms with van der Waals surface area (Å²) in [5.41, 5.74) is 0. The Morgan fingerprint density at radius 2 is 1.25 bits per heavy atom. The first-order chi connectivity index (χ1) is 9.66. The molecule has 6 nitrogen and oxygen atoms in total. The molecule has 20 heavy (non-hydrogen) atoms. The zero-order chi connectivity index (χ0) is 14.9. The third-order valence-electron chi connectivity index (χ3n) is 3.00. The molecule has 0 unspecified atom stereocenters. The summed E-state index contributed by atoms with van der Waals surface area (Å²) in [6.45, 7) is 8.87. The summed E-state index contributed by atoms with van der Waals surface area (Å²) in [4.78, 5) is 9.96. The Balaban J connectivity index is 2.57. The molecule has 1 aliphatic rings. The van der Waals surface area contributed by atoms with Gasteiger partial charge in [-0.05, 0) is 0 Å². The molecule has 0 aromatic heterocycles. The predicted molar refractivity (Wildman–Crippen MR) is 78.5 cm³/mol. The second-order valence-corrected chi connectivity index (χ2v) is 18.1. The van der Waals surface area contributed by atoms with E-state index in [4.69, 9.17) is 24.5 Å². The van der Waals surface area contributed by atoms with Crippen LogP contribution in [0.5, 0.6) is 0 Å². The van der Waals surface area contributed by atoms with Crippen molar-refractivity contribution in [3.8, 4) is 0 Å². The fourth-order valence-corrected chi connectivity index (χ4v) is 22.5. The van der Waals surface area contributed by atoms with Crippen LogP contribution in [-0.2, 0) is 24.5 Å².